The lowest BCUT2D eigenvalue weighted by Crippen LogP contribution is -2.12. The molecule has 23 heavy (non-hydrogen) atoms. The van der Waals surface area contributed by atoms with Gasteiger partial charge in [-0.3, -0.25) is 0 Å². The van der Waals surface area contributed by atoms with Crippen LogP contribution < -0.4 is 0 Å². The molecule has 2 aromatic rings. The first kappa shape index (κ1) is 18.6. The summed E-state index contributed by atoms with van der Waals surface area (Å²) in [4.78, 5) is 11.0. The predicted octanol–water partition coefficient (Wildman–Crippen LogP) is 5.88. The minimum absolute atomic E-state index is 0.0254. The Balaban J connectivity index is 2.88. The number of carboxylic acid groups (broad SMARTS) is 1. The molecule has 1 atom stereocenters. The SMILES string of the molecule is O=C(O)C(O)c1ccc(F)cc1-c1c(Cl)c(Cl)c(Cl)c(Cl)c1Cl. The zero-order chi connectivity index (χ0) is 17.5. The predicted molar refractivity (Wildman–Crippen MR) is 89.5 cm³/mol. The fourth-order valence-corrected chi connectivity index (χ4v) is 3.30. The van der Waals surface area contributed by atoms with Gasteiger partial charge in [-0.15, -0.1) is 0 Å². The summed E-state index contributed by atoms with van der Waals surface area (Å²) in [6, 6.07) is 3.06. The number of halogens is 6. The molecule has 0 radical (unpaired) electrons. The van der Waals surface area contributed by atoms with Gasteiger partial charge in [-0.25, -0.2) is 9.18 Å². The van der Waals surface area contributed by atoms with E-state index in [4.69, 9.17) is 63.1 Å². The number of benzene rings is 2. The highest BCUT2D eigenvalue weighted by Gasteiger charge is 2.26. The topological polar surface area (TPSA) is 57.5 Å². The number of hydrogen-bond donors (Lipinski definition) is 2. The first-order valence-electron chi connectivity index (χ1n) is 5.89. The van der Waals surface area contributed by atoms with Crippen molar-refractivity contribution in [2.45, 2.75) is 6.10 Å². The van der Waals surface area contributed by atoms with Gasteiger partial charge in [-0.2, -0.15) is 0 Å². The number of carbonyl (C=O) groups is 1. The molecule has 3 nitrogen and oxygen atoms in total. The van der Waals surface area contributed by atoms with Crippen molar-refractivity contribution in [3.8, 4) is 11.1 Å². The van der Waals surface area contributed by atoms with Crippen LogP contribution in [0.15, 0.2) is 18.2 Å². The van der Waals surface area contributed by atoms with E-state index in [1.807, 2.05) is 0 Å². The van der Waals surface area contributed by atoms with Gasteiger partial charge in [0.25, 0.3) is 0 Å². The molecule has 0 saturated carbocycles. The summed E-state index contributed by atoms with van der Waals surface area (Å²) in [5, 5.41) is 18.2. The van der Waals surface area contributed by atoms with Crippen LogP contribution in [0.4, 0.5) is 4.39 Å². The molecular formula is C14H6Cl5FO3. The number of aliphatic hydroxyl groups is 1. The highest BCUT2D eigenvalue weighted by Crippen LogP contribution is 2.49. The van der Waals surface area contributed by atoms with Crippen molar-refractivity contribution >= 4 is 64.0 Å². The molecule has 0 spiro atoms. The molecule has 9 heteroatoms. The van der Waals surface area contributed by atoms with Gasteiger partial charge in [-0.05, 0) is 23.3 Å². The van der Waals surface area contributed by atoms with E-state index in [0.717, 1.165) is 18.2 Å². The van der Waals surface area contributed by atoms with Crippen LogP contribution in [0.5, 0.6) is 0 Å². The molecule has 0 aliphatic carbocycles. The van der Waals surface area contributed by atoms with Gasteiger partial charge in [0.15, 0.2) is 6.10 Å². The summed E-state index contributed by atoms with van der Waals surface area (Å²) in [6.45, 7) is 0. The Morgan fingerprint density at radius 2 is 1.43 bits per heavy atom. The van der Waals surface area contributed by atoms with Crippen molar-refractivity contribution in [2.24, 2.45) is 0 Å². The second-order valence-corrected chi connectivity index (χ2v) is 6.31. The van der Waals surface area contributed by atoms with E-state index < -0.39 is 17.9 Å². The Kier molecular flexibility index (Phi) is 5.67. The Morgan fingerprint density at radius 3 is 1.91 bits per heavy atom. The fraction of sp³-hybridized carbons (Fsp3) is 0.0714. The molecule has 122 valence electrons. The molecule has 2 rings (SSSR count). The van der Waals surface area contributed by atoms with Crippen LogP contribution in [0.2, 0.25) is 25.1 Å². The third-order valence-corrected chi connectivity index (χ3v) is 5.30. The number of carboxylic acids is 1. The molecule has 0 saturated heterocycles. The third-order valence-electron chi connectivity index (χ3n) is 3.02. The zero-order valence-electron chi connectivity index (χ0n) is 10.9. The van der Waals surface area contributed by atoms with E-state index in [0.29, 0.717) is 0 Å². The standard InChI is InChI=1S/C14H6Cl5FO3/c15-8-7(9(16)11(18)12(19)10(8)17)6-3-4(20)1-2-5(6)13(21)14(22)23/h1-3,13,21H,(H,22,23). The monoisotopic (exact) mass is 416 g/mol. The highest BCUT2D eigenvalue weighted by molar-refractivity contribution is 6.56. The molecule has 0 amide bonds. The summed E-state index contributed by atoms with van der Waals surface area (Å²) in [5.41, 5.74) is -0.213. The van der Waals surface area contributed by atoms with Crippen LogP contribution in [0, 0.1) is 5.82 Å². The quantitative estimate of drug-likeness (QED) is 0.484. The molecule has 2 N–H and O–H groups in total. The maximum Gasteiger partial charge on any atom is 0.337 e. The lowest BCUT2D eigenvalue weighted by molar-refractivity contribution is -0.146. The average Bonchev–Trinajstić information content (AvgIpc) is 2.50. The summed E-state index contributed by atoms with van der Waals surface area (Å²) in [7, 11) is 0. The molecular weight excluding hydrogens is 412 g/mol. The van der Waals surface area contributed by atoms with E-state index in [1.54, 1.807) is 0 Å². The lowest BCUT2D eigenvalue weighted by atomic mass is 9.95. The van der Waals surface area contributed by atoms with E-state index in [1.165, 1.54) is 0 Å². The Labute approximate surface area is 155 Å². The minimum Gasteiger partial charge on any atom is -0.479 e. The van der Waals surface area contributed by atoms with Crippen molar-refractivity contribution in [3.05, 3.63) is 54.7 Å². The van der Waals surface area contributed by atoms with Gasteiger partial charge >= 0.3 is 5.97 Å². The van der Waals surface area contributed by atoms with Crippen LogP contribution in [0.25, 0.3) is 11.1 Å². The molecule has 0 heterocycles. The Bertz CT molecular complexity index is 780. The largest absolute Gasteiger partial charge is 0.479 e. The smallest absolute Gasteiger partial charge is 0.337 e. The summed E-state index contributed by atoms with van der Waals surface area (Å²) in [5.74, 6) is -2.23. The van der Waals surface area contributed by atoms with Crippen LogP contribution in [-0.2, 0) is 4.79 Å². The van der Waals surface area contributed by atoms with Crippen LogP contribution in [-0.4, -0.2) is 16.2 Å². The Morgan fingerprint density at radius 1 is 0.957 bits per heavy atom. The summed E-state index contributed by atoms with van der Waals surface area (Å²) >= 11 is 30.0. The van der Waals surface area contributed by atoms with Crippen molar-refractivity contribution in [1.82, 2.24) is 0 Å². The average molecular weight is 418 g/mol. The molecule has 0 aliphatic rings. The molecule has 0 fully saturated rings. The van der Waals surface area contributed by atoms with E-state index in [2.05, 4.69) is 0 Å². The molecule has 0 aromatic heterocycles. The van der Waals surface area contributed by atoms with E-state index in [9.17, 15) is 14.3 Å². The maximum absolute atomic E-state index is 13.6. The van der Waals surface area contributed by atoms with Crippen molar-refractivity contribution in [3.63, 3.8) is 0 Å². The van der Waals surface area contributed by atoms with Crippen LogP contribution >= 0.6 is 58.0 Å². The molecule has 0 bridgehead atoms. The van der Waals surface area contributed by atoms with E-state index >= 15 is 0 Å². The summed E-state index contributed by atoms with van der Waals surface area (Å²) in [6.07, 6.45) is -1.93. The third kappa shape index (κ3) is 3.38. The summed E-state index contributed by atoms with van der Waals surface area (Å²) < 4.78 is 13.6. The van der Waals surface area contributed by atoms with Crippen molar-refractivity contribution < 1.29 is 19.4 Å². The van der Waals surface area contributed by atoms with Gasteiger partial charge in [0, 0.05) is 5.56 Å². The molecule has 1 unspecified atom stereocenters. The van der Waals surface area contributed by atoms with Gasteiger partial charge in [0.1, 0.15) is 5.82 Å². The molecule has 2 aromatic carbocycles. The van der Waals surface area contributed by atoms with Crippen molar-refractivity contribution in [1.29, 1.82) is 0 Å². The van der Waals surface area contributed by atoms with Gasteiger partial charge < -0.3 is 10.2 Å². The second kappa shape index (κ2) is 7.01. The second-order valence-electron chi connectivity index (χ2n) is 4.42. The van der Waals surface area contributed by atoms with Gasteiger partial charge in [0.05, 0.1) is 25.1 Å². The van der Waals surface area contributed by atoms with Gasteiger partial charge in [0.2, 0.25) is 0 Å². The van der Waals surface area contributed by atoms with Crippen molar-refractivity contribution in [2.75, 3.05) is 0 Å². The highest BCUT2D eigenvalue weighted by atomic mass is 35.5. The number of aliphatic carboxylic acids is 1. The number of rotatable bonds is 3. The lowest BCUT2D eigenvalue weighted by Gasteiger charge is -2.17. The molecule has 0 aliphatic heterocycles. The Hall–Kier alpha value is -0.750. The minimum atomic E-state index is -1.93. The van der Waals surface area contributed by atoms with Crippen LogP contribution in [0.3, 0.4) is 0 Å². The fourth-order valence-electron chi connectivity index (χ4n) is 1.96. The van der Waals surface area contributed by atoms with E-state index in [-0.39, 0.29) is 41.8 Å². The van der Waals surface area contributed by atoms with Crippen LogP contribution in [0.1, 0.15) is 11.7 Å². The first-order valence-corrected chi connectivity index (χ1v) is 7.78. The van der Waals surface area contributed by atoms with Gasteiger partial charge in [-0.1, -0.05) is 64.1 Å². The first-order chi connectivity index (χ1) is 10.7. The number of hydrogen-bond acceptors (Lipinski definition) is 2. The number of aliphatic hydroxyl groups excluding tert-OH is 1. The zero-order valence-corrected chi connectivity index (χ0v) is 14.7. The normalized spacial score (nSPS) is 12.3. The maximum atomic E-state index is 13.6.